The summed E-state index contributed by atoms with van der Waals surface area (Å²) in [5, 5.41) is 9.72. The molecule has 47 heavy (non-hydrogen) atoms. The average Bonchev–Trinajstić information content (AvgIpc) is 3.57. The minimum atomic E-state index is -3.78. The van der Waals surface area contributed by atoms with Crippen LogP contribution in [0.2, 0.25) is 0 Å². The van der Waals surface area contributed by atoms with Crippen molar-refractivity contribution in [2.75, 3.05) is 37.6 Å². The van der Waals surface area contributed by atoms with Gasteiger partial charge in [-0.1, -0.05) is 84.9 Å². The summed E-state index contributed by atoms with van der Waals surface area (Å²) in [4.78, 5) is 2.60. The molecule has 3 aliphatic rings. The Labute approximate surface area is 276 Å². The molecule has 4 aromatic carbocycles. The molecule has 0 amide bonds. The summed E-state index contributed by atoms with van der Waals surface area (Å²) in [6.45, 7) is 3.54. The topological polar surface area (TPSA) is 107 Å². The van der Waals surface area contributed by atoms with Crippen LogP contribution < -0.4 is 4.72 Å². The Morgan fingerprint density at radius 3 is 2.11 bits per heavy atom. The molecular weight excluding hydrogens is 616 g/mol. The lowest BCUT2D eigenvalue weighted by atomic mass is 9.83. The van der Waals surface area contributed by atoms with Crippen LogP contribution in [0.4, 0.5) is 5.69 Å². The SMILES string of the molecule is O=S(=O)(Nc1cccc(C2O[C@H](CN3CCC4(CC3)OCCO4)[C@@H](c3ccccc3)[C@H](c3ccc(CO)cc3)O2)c1)c1ccccc1. The van der Waals surface area contributed by atoms with Crippen LogP contribution in [0, 0.1) is 0 Å². The van der Waals surface area contributed by atoms with E-state index in [9.17, 15) is 13.5 Å². The molecular formula is C37H40N2O7S. The minimum Gasteiger partial charge on any atom is -0.392 e. The summed E-state index contributed by atoms with van der Waals surface area (Å²) in [6, 6.07) is 33.7. The molecule has 246 valence electrons. The molecule has 0 aliphatic carbocycles. The Kier molecular flexibility index (Phi) is 9.42. The van der Waals surface area contributed by atoms with E-state index in [4.69, 9.17) is 18.9 Å². The van der Waals surface area contributed by atoms with Gasteiger partial charge in [-0.05, 0) is 41.0 Å². The minimum absolute atomic E-state index is 0.0438. The first kappa shape index (κ1) is 32.0. The van der Waals surface area contributed by atoms with Gasteiger partial charge in [0.05, 0.1) is 36.9 Å². The first-order valence-corrected chi connectivity index (χ1v) is 17.6. The fourth-order valence-electron chi connectivity index (χ4n) is 6.84. The van der Waals surface area contributed by atoms with Crippen molar-refractivity contribution in [2.24, 2.45) is 0 Å². The lowest BCUT2D eigenvalue weighted by molar-refractivity contribution is -0.265. The Morgan fingerprint density at radius 2 is 1.43 bits per heavy atom. The number of ether oxygens (including phenoxy) is 4. The third kappa shape index (κ3) is 7.14. The number of benzene rings is 4. The van der Waals surface area contributed by atoms with Gasteiger partial charge in [0.2, 0.25) is 0 Å². The van der Waals surface area contributed by atoms with Gasteiger partial charge in [0.1, 0.15) is 0 Å². The number of hydrogen-bond donors (Lipinski definition) is 2. The molecule has 1 spiro atoms. The monoisotopic (exact) mass is 656 g/mol. The van der Waals surface area contributed by atoms with E-state index in [0.717, 1.165) is 42.6 Å². The first-order valence-electron chi connectivity index (χ1n) is 16.2. The van der Waals surface area contributed by atoms with E-state index in [1.165, 1.54) is 0 Å². The van der Waals surface area contributed by atoms with Crippen molar-refractivity contribution < 1.29 is 32.5 Å². The highest BCUT2D eigenvalue weighted by molar-refractivity contribution is 7.92. The lowest BCUT2D eigenvalue weighted by Crippen LogP contribution is -2.50. The van der Waals surface area contributed by atoms with Crippen LogP contribution in [0.25, 0.3) is 0 Å². The Bertz CT molecular complexity index is 1720. The van der Waals surface area contributed by atoms with Gasteiger partial charge in [-0.3, -0.25) is 4.72 Å². The van der Waals surface area contributed by atoms with E-state index < -0.39 is 22.1 Å². The van der Waals surface area contributed by atoms with Crippen molar-refractivity contribution >= 4 is 15.7 Å². The zero-order valence-corrected chi connectivity index (χ0v) is 26.9. The predicted molar refractivity (Wildman–Crippen MR) is 177 cm³/mol. The summed E-state index contributed by atoms with van der Waals surface area (Å²) in [6.07, 6.45) is 0.191. The van der Waals surface area contributed by atoms with Crippen molar-refractivity contribution in [3.05, 3.63) is 131 Å². The normalized spacial score (nSPS) is 24.7. The van der Waals surface area contributed by atoms with Gasteiger partial charge in [-0.15, -0.1) is 0 Å². The molecule has 3 aliphatic heterocycles. The summed E-state index contributed by atoms with van der Waals surface area (Å²) in [5.74, 6) is -0.610. The summed E-state index contributed by atoms with van der Waals surface area (Å²) >= 11 is 0. The van der Waals surface area contributed by atoms with Crippen molar-refractivity contribution in [3.8, 4) is 0 Å². The van der Waals surface area contributed by atoms with Crippen LogP contribution in [0.5, 0.6) is 0 Å². The highest BCUT2D eigenvalue weighted by Crippen LogP contribution is 2.47. The Hall–Kier alpha value is -3.61. The van der Waals surface area contributed by atoms with E-state index >= 15 is 0 Å². The fraction of sp³-hybridized carbons (Fsp3) is 0.351. The second-order valence-electron chi connectivity index (χ2n) is 12.4. The van der Waals surface area contributed by atoms with Gasteiger partial charge in [-0.2, -0.15) is 0 Å². The number of aliphatic hydroxyl groups excluding tert-OH is 1. The molecule has 1 unspecified atom stereocenters. The quantitative estimate of drug-likeness (QED) is 0.235. The average molecular weight is 657 g/mol. The van der Waals surface area contributed by atoms with E-state index in [2.05, 4.69) is 21.8 Å². The maximum atomic E-state index is 13.1. The van der Waals surface area contributed by atoms with Crippen molar-refractivity contribution in [1.82, 2.24) is 4.90 Å². The van der Waals surface area contributed by atoms with Crippen LogP contribution in [-0.4, -0.2) is 63.2 Å². The number of aliphatic hydroxyl groups is 1. The first-order chi connectivity index (χ1) is 22.9. The molecule has 10 heteroatoms. The van der Waals surface area contributed by atoms with E-state index in [-0.39, 0.29) is 29.6 Å². The second kappa shape index (κ2) is 13.9. The standard InChI is InChI=1S/C37H40N2O7S/c40-26-27-14-16-29(17-15-27)35-34(28-8-3-1-4-9-28)33(25-39-20-18-37(19-21-39)43-22-23-44-37)45-36(46-35)30-10-7-11-31(24-30)38-47(41,42)32-12-5-2-6-13-32/h1-17,24,33-36,38,40H,18-23,25-26H2/t33-,34-,35+,36?/m1/s1. The van der Waals surface area contributed by atoms with Crippen molar-refractivity contribution in [1.29, 1.82) is 0 Å². The molecule has 4 aromatic rings. The number of nitrogens with one attached hydrogen (secondary N) is 1. The summed E-state index contributed by atoms with van der Waals surface area (Å²) in [7, 11) is -3.78. The maximum absolute atomic E-state index is 13.1. The number of piperidine rings is 1. The molecule has 3 saturated heterocycles. The van der Waals surface area contributed by atoms with Crippen LogP contribution in [0.3, 0.4) is 0 Å². The molecule has 0 radical (unpaired) electrons. The molecule has 3 heterocycles. The van der Waals surface area contributed by atoms with Crippen LogP contribution in [0.1, 0.15) is 53.4 Å². The fourth-order valence-corrected chi connectivity index (χ4v) is 7.91. The summed E-state index contributed by atoms with van der Waals surface area (Å²) in [5.41, 5.74) is 4.02. The largest absolute Gasteiger partial charge is 0.392 e. The van der Waals surface area contributed by atoms with Crippen LogP contribution in [0.15, 0.2) is 114 Å². The number of nitrogens with zero attached hydrogens (tertiary/aromatic N) is 1. The zero-order valence-electron chi connectivity index (χ0n) is 26.1. The number of likely N-dealkylation sites (tertiary alicyclic amines) is 1. The number of rotatable bonds is 9. The van der Waals surface area contributed by atoms with Crippen molar-refractivity contribution in [3.63, 3.8) is 0 Å². The second-order valence-corrected chi connectivity index (χ2v) is 14.0. The predicted octanol–water partition coefficient (Wildman–Crippen LogP) is 5.76. The van der Waals surface area contributed by atoms with Gasteiger partial charge in [0.25, 0.3) is 10.0 Å². The van der Waals surface area contributed by atoms with Gasteiger partial charge >= 0.3 is 0 Å². The molecule has 0 aromatic heterocycles. The van der Waals surface area contributed by atoms with Crippen LogP contribution in [-0.2, 0) is 35.6 Å². The van der Waals surface area contributed by atoms with Gasteiger partial charge in [-0.25, -0.2) is 8.42 Å². The third-order valence-corrected chi connectivity index (χ3v) is 10.7. The molecule has 0 saturated carbocycles. The highest BCUT2D eigenvalue weighted by Gasteiger charge is 2.45. The number of anilines is 1. The Balaban J connectivity index is 1.21. The molecule has 0 bridgehead atoms. The van der Waals surface area contributed by atoms with E-state index in [0.29, 0.717) is 31.0 Å². The van der Waals surface area contributed by atoms with Gasteiger partial charge in [0, 0.05) is 49.6 Å². The number of hydrogen-bond acceptors (Lipinski definition) is 8. The summed E-state index contributed by atoms with van der Waals surface area (Å²) < 4.78 is 54.7. The smallest absolute Gasteiger partial charge is 0.261 e. The third-order valence-electron chi connectivity index (χ3n) is 9.30. The number of sulfonamides is 1. The zero-order chi connectivity index (χ0) is 32.3. The van der Waals surface area contributed by atoms with Gasteiger partial charge in [0.15, 0.2) is 12.1 Å². The molecule has 7 rings (SSSR count). The molecule has 9 nitrogen and oxygen atoms in total. The highest BCUT2D eigenvalue weighted by atomic mass is 32.2. The van der Waals surface area contributed by atoms with Crippen molar-refractivity contribution in [2.45, 2.75) is 54.5 Å². The van der Waals surface area contributed by atoms with Crippen LogP contribution >= 0.6 is 0 Å². The molecule has 4 atom stereocenters. The Morgan fingerprint density at radius 1 is 0.766 bits per heavy atom. The lowest BCUT2D eigenvalue weighted by Gasteiger charge is -2.46. The maximum Gasteiger partial charge on any atom is 0.261 e. The van der Waals surface area contributed by atoms with Gasteiger partial charge < -0.3 is 29.0 Å². The molecule has 3 fully saturated rings. The van der Waals surface area contributed by atoms with E-state index in [1.807, 2.05) is 48.5 Å². The van der Waals surface area contributed by atoms with E-state index in [1.54, 1.807) is 48.5 Å². The molecule has 2 N–H and O–H groups in total.